The number of aliphatic carboxylic acids is 1. The Morgan fingerprint density at radius 2 is 0.837 bits per heavy atom. The van der Waals surface area contributed by atoms with Crippen LogP contribution in [0.15, 0.2) is 24.6 Å². The first kappa shape index (κ1) is 49.3. The Morgan fingerprint density at radius 3 is 1.16 bits per heavy atom. The van der Waals surface area contributed by atoms with Gasteiger partial charge in [0.2, 0.25) is 0 Å². The number of hydrogen-bond acceptors (Lipinski definition) is 7. The third-order valence-corrected chi connectivity index (χ3v) is 8.97. The van der Waals surface area contributed by atoms with Gasteiger partial charge in [0, 0.05) is 0 Å². The number of carboxylic acid groups (broad SMARTS) is 1. The zero-order chi connectivity index (χ0) is 36.8. The molecule has 49 heavy (non-hydrogen) atoms. The Morgan fingerprint density at radius 1 is 0.531 bits per heavy atom. The molecule has 0 aliphatic rings. The highest BCUT2D eigenvalue weighted by Crippen LogP contribution is 2.14. The summed E-state index contributed by atoms with van der Waals surface area (Å²) in [4.78, 5) is 22.2. The lowest BCUT2D eigenvalue weighted by atomic mass is 10.0. The summed E-state index contributed by atoms with van der Waals surface area (Å²) < 4.78 is 0. The first-order valence-electron chi connectivity index (χ1n) is 20.1. The standard InChI is InChI=1S/C23H43NO7.C17H35N/c1-2-3-4-5-6-7-8-9-10-11-12-13-14-15-16-17-24-22(29)20(27)18(25)19(26)21(28)23(30)31;1-2-3-4-5-6-7-8-9-10-11-12-13-14-15-16-17-18/h16-21,25-28H,2-15H2,1H3,(H,24,29)(H,30,31);16-17H,2-15,18H2,1H3/t18-,19-,20+,21-;/m1./s1. The van der Waals surface area contributed by atoms with Gasteiger partial charge in [-0.05, 0) is 38.0 Å². The summed E-state index contributed by atoms with van der Waals surface area (Å²) in [7, 11) is 0. The van der Waals surface area contributed by atoms with Crippen LogP contribution in [0.1, 0.15) is 194 Å². The smallest absolute Gasteiger partial charge is 0.255 e. The molecule has 0 fully saturated rings. The average Bonchev–Trinajstić information content (AvgIpc) is 3.10. The van der Waals surface area contributed by atoms with Crippen molar-refractivity contribution in [1.29, 1.82) is 0 Å². The van der Waals surface area contributed by atoms with Crippen LogP contribution in [-0.4, -0.2) is 56.7 Å². The van der Waals surface area contributed by atoms with Crippen molar-refractivity contribution in [2.24, 2.45) is 0 Å². The minimum atomic E-state index is -2.41. The van der Waals surface area contributed by atoms with Crippen LogP contribution in [0, 0.1) is 0 Å². The van der Waals surface area contributed by atoms with Gasteiger partial charge in [-0.15, -0.1) is 0 Å². The van der Waals surface area contributed by atoms with Gasteiger partial charge in [-0.25, -0.2) is 0 Å². The number of quaternary nitrogens is 1. The Hall–Kier alpha value is -1.78. The average molecular weight is 699 g/mol. The molecule has 0 saturated carbocycles. The highest BCUT2D eigenvalue weighted by Gasteiger charge is 2.34. The zero-order valence-corrected chi connectivity index (χ0v) is 31.6. The highest BCUT2D eigenvalue weighted by molar-refractivity contribution is 5.82. The molecule has 8 N–H and O–H groups in total. The molecule has 0 aliphatic heterocycles. The number of carbonyl (C=O) groups is 2. The maximum atomic E-state index is 11.7. The van der Waals surface area contributed by atoms with E-state index in [1.54, 1.807) is 6.08 Å². The first-order chi connectivity index (χ1) is 23.7. The SMILES string of the molecule is CCCCCCCCCCCCCCCC=CNC(=O)[C@@H](O)[C@H](O)[C@@H](O)[C@@H](O)C(=O)[O-].CCCCCCCCCCCCCCCC=C[NH3+]. The molecule has 0 aliphatic carbocycles. The van der Waals surface area contributed by atoms with E-state index in [-0.39, 0.29) is 0 Å². The second kappa shape index (κ2) is 39.0. The molecule has 0 radical (unpaired) electrons. The molecule has 0 aromatic rings. The lowest BCUT2D eigenvalue weighted by Gasteiger charge is -2.25. The normalized spacial score (nSPS) is 14.0. The fraction of sp³-hybridized carbons (Fsp3) is 0.850. The van der Waals surface area contributed by atoms with Crippen LogP contribution in [0.3, 0.4) is 0 Å². The number of aliphatic hydroxyl groups excluding tert-OH is 4. The molecule has 9 heteroatoms. The van der Waals surface area contributed by atoms with Crippen LogP contribution >= 0.6 is 0 Å². The number of unbranched alkanes of at least 4 members (excludes halogenated alkanes) is 26. The minimum Gasteiger partial charge on any atom is -0.547 e. The number of amides is 1. The van der Waals surface area contributed by atoms with Crippen LogP contribution in [0.5, 0.6) is 0 Å². The third-order valence-electron chi connectivity index (χ3n) is 8.97. The molecule has 0 unspecified atom stereocenters. The van der Waals surface area contributed by atoms with Crippen LogP contribution in [-0.2, 0) is 9.59 Å². The van der Waals surface area contributed by atoms with Gasteiger partial charge in [0.15, 0.2) is 6.10 Å². The van der Waals surface area contributed by atoms with Gasteiger partial charge in [0.1, 0.15) is 18.3 Å². The van der Waals surface area contributed by atoms with E-state index in [2.05, 4.69) is 31.0 Å². The van der Waals surface area contributed by atoms with Crippen molar-refractivity contribution in [1.82, 2.24) is 5.32 Å². The van der Waals surface area contributed by atoms with Gasteiger partial charge >= 0.3 is 0 Å². The van der Waals surface area contributed by atoms with E-state index in [1.807, 2.05) is 6.20 Å². The van der Waals surface area contributed by atoms with E-state index in [1.165, 1.54) is 167 Å². The molecular formula is C40H78N2O7. The van der Waals surface area contributed by atoms with Crippen LogP contribution in [0.2, 0.25) is 0 Å². The Labute approximate surface area is 300 Å². The van der Waals surface area contributed by atoms with Crippen molar-refractivity contribution in [3.05, 3.63) is 24.6 Å². The van der Waals surface area contributed by atoms with Crippen molar-refractivity contribution < 1.29 is 40.9 Å². The fourth-order valence-corrected chi connectivity index (χ4v) is 5.66. The molecule has 0 rings (SSSR count). The predicted octanol–water partition coefficient (Wildman–Crippen LogP) is 6.51. The highest BCUT2D eigenvalue weighted by atomic mass is 16.4. The van der Waals surface area contributed by atoms with Crippen molar-refractivity contribution in [3.63, 3.8) is 0 Å². The predicted molar refractivity (Wildman–Crippen MR) is 199 cm³/mol. The molecule has 4 atom stereocenters. The van der Waals surface area contributed by atoms with Gasteiger partial charge in [0.25, 0.3) is 5.91 Å². The van der Waals surface area contributed by atoms with E-state index in [0.717, 1.165) is 19.3 Å². The number of carboxylic acids is 1. The molecule has 0 saturated heterocycles. The Bertz CT molecular complexity index is 778. The Kier molecular flexibility index (Phi) is 39.3. The van der Waals surface area contributed by atoms with Crippen molar-refractivity contribution >= 4 is 11.9 Å². The van der Waals surface area contributed by atoms with Gasteiger partial charge in [-0.1, -0.05) is 174 Å². The van der Waals surface area contributed by atoms with E-state index < -0.39 is 36.3 Å². The van der Waals surface area contributed by atoms with Crippen molar-refractivity contribution in [3.8, 4) is 0 Å². The first-order valence-corrected chi connectivity index (χ1v) is 20.1. The van der Waals surface area contributed by atoms with Crippen molar-refractivity contribution in [2.45, 2.75) is 218 Å². The second-order valence-corrected chi connectivity index (χ2v) is 13.6. The third kappa shape index (κ3) is 34.4. The van der Waals surface area contributed by atoms with Crippen LogP contribution in [0.25, 0.3) is 0 Å². The van der Waals surface area contributed by atoms with Gasteiger partial charge in [-0.3, -0.25) is 4.79 Å². The molecular weight excluding hydrogens is 620 g/mol. The number of rotatable bonds is 34. The van der Waals surface area contributed by atoms with Crippen LogP contribution < -0.4 is 16.2 Å². The summed E-state index contributed by atoms with van der Waals surface area (Å²) in [6.07, 6.45) is 35.4. The number of allylic oxidation sites excluding steroid dienone is 2. The van der Waals surface area contributed by atoms with E-state index in [0.29, 0.717) is 0 Å². The number of nitrogens with one attached hydrogen (secondary N) is 1. The summed E-state index contributed by atoms with van der Waals surface area (Å²) in [5.41, 5.74) is 3.70. The summed E-state index contributed by atoms with van der Waals surface area (Å²) in [6.45, 7) is 4.52. The summed E-state index contributed by atoms with van der Waals surface area (Å²) in [6, 6.07) is 0. The number of carbonyl (C=O) groups excluding carboxylic acids is 2. The molecule has 0 bridgehead atoms. The largest absolute Gasteiger partial charge is 0.547 e. The topological polar surface area (TPSA) is 178 Å². The molecule has 0 heterocycles. The van der Waals surface area contributed by atoms with E-state index >= 15 is 0 Å². The summed E-state index contributed by atoms with van der Waals surface area (Å²) in [5.74, 6) is -3.03. The fourth-order valence-electron chi connectivity index (χ4n) is 5.66. The minimum absolute atomic E-state index is 0.753. The van der Waals surface area contributed by atoms with Crippen molar-refractivity contribution in [2.75, 3.05) is 0 Å². The Balaban J connectivity index is 0. The lowest BCUT2D eigenvalue weighted by molar-refractivity contribution is -0.320. The van der Waals surface area contributed by atoms with Gasteiger partial charge in [0.05, 0.1) is 12.2 Å². The molecule has 0 aromatic carbocycles. The molecule has 0 aromatic heterocycles. The zero-order valence-electron chi connectivity index (χ0n) is 31.6. The molecule has 9 nitrogen and oxygen atoms in total. The quantitative estimate of drug-likeness (QED) is 0.0415. The summed E-state index contributed by atoms with van der Waals surface area (Å²) >= 11 is 0. The molecule has 0 spiro atoms. The van der Waals surface area contributed by atoms with Crippen LogP contribution in [0.4, 0.5) is 0 Å². The van der Waals surface area contributed by atoms with E-state index in [9.17, 15) is 30.0 Å². The van der Waals surface area contributed by atoms with Gasteiger partial charge < -0.3 is 41.4 Å². The monoisotopic (exact) mass is 699 g/mol. The molecule has 290 valence electrons. The summed E-state index contributed by atoms with van der Waals surface area (Å²) in [5, 5.41) is 50.4. The maximum absolute atomic E-state index is 11.7. The molecule has 1 amide bonds. The second-order valence-electron chi connectivity index (χ2n) is 13.6. The number of aliphatic hydroxyl groups is 4. The van der Waals surface area contributed by atoms with Gasteiger partial charge in [-0.2, -0.15) is 0 Å². The lowest BCUT2D eigenvalue weighted by Crippen LogP contribution is -2.54. The number of hydrogen-bond donors (Lipinski definition) is 6. The van der Waals surface area contributed by atoms with E-state index in [4.69, 9.17) is 5.11 Å². The maximum Gasteiger partial charge on any atom is 0.255 e.